The van der Waals surface area contributed by atoms with Crippen molar-refractivity contribution in [1.82, 2.24) is 9.78 Å². The highest BCUT2D eigenvalue weighted by atomic mass is 16.1. The molecule has 3 nitrogen and oxygen atoms in total. The third-order valence-electron chi connectivity index (χ3n) is 1.98. The molecule has 0 saturated carbocycles. The predicted octanol–water partition coefficient (Wildman–Crippen LogP) is 1.47. The van der Waals surface area contributed by atoms with Crippen LogP contribution >= 0.6 is 0 Å². The highest BCUT2D eigenvalue weighted by Crippen LogP contribution is 2.10. The van der Waals surface area contributed by atoms with E-state index in [9.17, 15) is 4.79 Å². The van der Waals surface area contributed by atoms with Crippen molar-refractivity contribution in [3.63, 3.8) is 0 Å². The number of aromatic nitrogens is 2. The summed E-state index contributed by atoms with van der Waals surface area (Å²) in [6.07, 6.45) is 1.73. The largest absolute Gasteiger partial charge is 0.268 e. The average molecular weight is 174 g/mol. The van der Waals surface area contributed by atoms with Gasteiger partial charge in [0.25, 0.3) is 5.56 Å². The van der Waals surface area contributed by atoms with E-state index in [1.807, 2.05) is 31.2 Å². The molecular formula is C10H10N2O. The average Bonchev–Trinajstić information content (AvgIpc) is 2.53. The second-order valence-electron chi connectivity index (χ2n) is 2.95. The van der Waals surface area contributed by atoms with Crippen molar-refractivity contribution in [2.45, 2.75) is 6.92 Å². The smallest absolute Gasteiger partial charge is 0.264 e. The lowest BCUT2D eigenvalue weighted by Crippen LogP contribution is -2.04. The fraction of sp³-hybridized carbons (Fsp3) is 0.100. The number of aromatic amines is 1. The Morgan fingerprint density at radius 2 is 2.00 bits per heavy atom. The molecule has 66 valence electrons. The van der Waals surface area contributed by atoms with E-state index in [4.69, 9.17) is 0 Å². The first-order chi connectivity index (χ1) is 6.27. The zero-order chi connectivity index (χ0) is 9.26. The molecule has 1 heterocycles. The Hall–Kier alpha value is -1.77. The SMILES string of the molecule is Cc1ccccc1-n1ccc(=O)[nH]1. The quantitative estimate of drug-likeness (QED) is 0.698. The molecule has 0 bridgehead atoms. The number of hydrogen-bond donors (Lipinski definition) is 1. The molecule has 3 heteroatoms. The first-order valence-corrected chi connectivity index (χ1v) is 4.11. The van der Waals surface area contributed by atoms with Crippen LogP contribution in [0.15, 0.2) is 41.3 Å². The molecule has 1 aromatic carbocycles. The lowest BCUT2D eigenvalue weighted by molar-refractivity contribution is 0.857. The standard InChI is InChI=1S/C10H10N2O/c1-8-4-2-3-5-9(8)12-7-6-10(13)11-12/h2-7H,1H3,(H,11,13). The van der Waals surface area contributed by atoms with E-state index in [1.54, 1.807) is 10.9 Å². The predicted molar refractivity (Wildman–Crippen MR) is 51.1 cm³/mol. The first-order valence-electron chi connectivity index (χ1n) is 4.11. The van der Waals surface area contributed by atoms with Crippen molar-refractivity contribution in [2.24, 2.45) is 0 Å². The Balaban J connectivity index is 2.58. The maximum absolute atomic E-state index is 10.9. The van der Waals surface area contributed by atoms with Crippen molar-refractivity contribution < 1.29 is 0 Å². The highest BCUT2D eigenvalue weighted by molar-refractivity contribution is 5.38. The van der Waals surface area contributed by atoms with Crippen molar-refractivity contribution >= 4 is 0 Å². The fourth-order valence-corrected chi connectivity index (χ4v) is 1.31. The van der Waals surface area contributed by atoms with Gasteiger partial charge in [0.2, 0.25) is 0 Å². The van der Waals surface area contributed by atoms with Crippen LogP contribution in [-0.2, 0) is 0 Å². The summed E-state index contributed by atoms with van der Waals surface area (Å²) in [5.41, 5.74) is 2.06. The molecule has 0 spiro atoms. The van der Waals surface area contributed by atoms with Gasteiger partial charge in [-0.25, -0.2) is 0 Å². The van der Waals surface area contributed by atoms with Crippen LogP contribution < -0.4 is 5.56 Å². The van der Waals surface area contributed by atoms with Crippen molar-refractivity contribution in [1.29, 1.82) is 0 Å². The van der Waals surface area contributed by atoms with E-state index in [1.165, 1.54) is 6.07 Å². The number of nitrogens with one attached hydrogen (secondary N) is 1. The summed E-state index contributed by atoms with van der Waals surface area (Å²) in [5.74, 6) is 0. The van der Waals surface area contributed by atoms with Crippen LogP contribution in [0.5, 0.6) is 0 Å². The van der Waals surface area contributed by atoms with Crippen LogP contribution in [0.2, 0.25) is 0 Å². The van der Waals surface area contributed by atoms with E-state index in [2.05, 4.69) is 5.10 Å². The molecule has 2 rings (SSSR count). The van der Waals surface area contributed by atoms with Gasteiger partial charge in [-0.1, -0.05) is 18.2 Å². The van der Waals surface area contributed by atoms with E-state index >= 15 is 0 Å². The molecular weight excluding hydrogens is 164 g/mol. The van der Waals surface area contributed by atoms with Crippen molar-refractivity contribution in [3.05, 3.63) is 52.4 Å². The molecule has 1 aromatic heterocycles. The second kappa shape index (κ2) is 2.94. The summed E-state index contributed by atoms with van der Waals surface area (Å²) in [4.78, 5) is 10.9. The van der Waals surface area contributed by atoms with Crippen molar-refractivity contribution in [2.75, 3.05) is 0 Å². The number of benzene rings is 1. The zero-order valence-corrected chi connectivity index (χ0v) is 7.32. The molecule has 1 N–H and O–H groups in total. The molecule has 0 fully saturated rings. The van der Waals surface area contributed by atoms with Crippen LogP contribution in [0.25, 0.3) is 5.69 Å². The molecule has 0 aliphatic rings. The lowest BCUT2D eigenvalue weighted by Gasteiger charge is -2.04. The van der Waals surface area contributed by atoms with E-state index in [0.717, 1.165) is 11.3 Å². The molecule has 0 saturated heterocycles. The molecule has 0 atom stereocenters. The summed E-state index contributed by atoms with van der Waals surface area (Å²) < 4.78 is 1.72. The number of para-hydroxylation sites is 1. The molecule has 0 radical (unpaired) electrons. The highest BCUT2D eigenvalue weighted by Gasteiger charge is 1.98. The Morgan fingerprint density at radius 3 is 2.62 bits per heavy atom. The molecule has 0 amide bonds. The van der Waals surface area contributed by atoms with Gasteiger partial charge in [-0.3, -0.25) is 14.6 Å². The van der Waals surface area contributed by atoms with Crippen LogP contribution in [0.1, 0.15) is 5.56 Å². The molecule has 13 heavy (non-hydrogen) atoms. The Labute approximate surface area is 75.6 Å². The van der Waals surface area contributed by atoms with Crippen molar-refractivity contribution in [3.8, 4) is 5.69 Å². The maximum atomic E-state index is 10.9. The van der Waals surface area contributed by atoms with E-state index in [0.29, 0.717) is 0 Å². The van der Waals surface area contributed by atoms with Gasteiger partial charge < -0.3 is 0 Å². The van der Waals surface area contributed by atoms with E-state index in [-0.39, 0.29) is 5.56 Å². The normalized spacial score (nSPS) is 10.2. The summed E-state index contributed by atoms with van der Waals surface area (Å²) in [6.45, 7) is 2.01. The van der Waals surface area contributed by atoms with Gasteiger partial charge in [-0.2, -0.15) is 0 Å². The molecule has 0 aliphatic heterocycles. The van der Waals surface area contributed by atoms with Gasteiger partial charge in [0.05, 0.1) is 5.69 Å². The summed E-state index contributed by atoms with van der Waals surface area (Å²) in [5, 5.41) is 2.69. The second-order valence-corrected chi connectivity index (χ2v) is 2.95. The maximum Gasteiger partial charge on any atom is 0.264 e. The Bertz CT molecular complexity index is 468. The third kappa shape index (κ3) is 1.40. The summed E-state index contributed by atoms with van der Waals surface area (Å²) in [6, 6.07) is 9.40. The number of aryl methyl sites for hydroxylation is 1. The van der Waals surface area contributed by atoms with Crippen LogP contribution in [0.3, 0.4) is 0 Å². The van der Waals surface area contributed by atoms with Gasteiger partial charge in [0.1, 0.15) is 0 Å². The van der Waals surface area contributed by atoms with Gasteiger partial charge in [-0.15, -0.1) is 0 Å². The minimum absolute atomic E-state index is 0.0803. The summed E-state index contributed by atoms with van der Waals surface area (Å²) >= 11 is 0. The third-order valence-corrected chi connectivity index (χ3v) is 1.98. The number of nitrogens with zero attached hydrogens (tertiary/aromatic N) is 1. The molecule has 0 aliphatic carbocycles. The number of rotatable bonds is 1. The van der Waals surface area contributed by atoms with Gasteiger partial charge >= 0.3 is 0 Å². The Kier molecular flexibility index (Phi) is 1.77. The lowest BCUT2D eigenvalue weighted by atomic mass is 10.2. The fourth-order valence-electron chi connectivity index (χ4n) is 1.31. The zero-order valence-electron chi connectivity index (χ0n) is 7.32. The van der Waals surface area contributed by atoms with Crippen LogP contribution in [0, 0.1) is 6.92 Å². The molecule has 0 unspecified atom stereocenters. The number of H-pyrrole nitrogens is 1. The minimum atomic E-state index is -0.0803. The van der Waals surface area contributed by atoms with Gasteiger partial charge in [0, 0.05) is 12.3 Å². The first kappa shape index (κ1) is 7.86. The van der Waals surface area contributed by atoms with Crippen LogP contribution in [0.4, 0.5) is 0 Å². The summed E-state index contributed by atoms with van der Waals surface area (Å²) in [7, 11) is 0. The van der Waals surface area contributed by atoms with E-state index < -0.39 is 0 Å². The molecule has 2 aromatic rings. The van der Waals surface area contributed by atoms with Gasteiger partial charge in [-0.05, 0) is 18.6 Å². The Morgan fingerprint density at radius 1 is 1.23 bits per heavy atom. The topological polar surface area (TPSA) is 37.8 Å². The van der Waals surface area contributed by atoms with Gasteiger partial charge in [0.15, 0.2) is 0 Å². The number of hydrogen-bond acceptors (Lipinski definition) is 1. The minimum Gasteiger partial charge on any atom is -0.268 e. The monoisotopic (exact) mass is 174 g/mol. The van der Waals surface area contributed by atoms with Crippen LogP contribution in [-0.4, -0.2) is 9.78 Å².